The first-order valence-electron chi connectivity index (χ1n) is 7.33. The van der Waals surface area contributed by atoms with E-state index in [-0.39, 0.29) is 18.3 Å². The third-order valence-corrected chi connectivity index (χ3v) is 3.11. The van der Waals surface area contributed by atoms with Crippen molar-refractivity contribution >= 4 is 11.8 Å². The number of rotatable bonds is 5. The fourth-order valence-corrected chi connectivity index (χ4v) is 2.11. The molecule has 2 aromatic rings. The van der Waals surface area contributed by atoms with Crippen LogP contribution in [-0.4, -0.2) is 17.7 Å². The van der Waals surface area contributed by atoms with Gasteiger partial charge in [-0.2, -0.15) is 0 Å². The van der Waals surface area contributed by atoms with Crippen molar-refractivity contribution in [3.8, 4) is 5.75 Å². The first-order chi connectivity index (χ1) is 10.6. The number of hydrogen-bond acceptors (Lipinski definition) is 3. The average molecular weight is 299 g/mol. The van der Waals surface area contributed by atoms with Crippen LogP contribution in [0.3, 0.4) is 0 Å². The van der Waals surface area contributed by atoms with Gasteiger partial charge in [0.2, 0.25) is 0 Å². The summed E-state index contributed by atoms with van der Waals surface area (Å²) in [6, 6.07) is 16.2. The lowest BCUT2D eigenvalue weighted by atomic mass is 10.2. The van der Waals surface area contributed by atoms with Crippen LogP contribution in [0.5, 0.6) is 5.75 Å². The van der Waals surface area contributed by atoms with Gasteiger partial charge in [-0.25, -0.2) is 4.79 Å². The fourth-order valence-electron chi connectivity index (χ4n) is 2.11. The third kappa shape index (κ3) is 4.52. The molecule has 0 aliphatic heterocycles. The van der Waals surface area contributed by atoms with Crippen molar-refractivity contribution in [2.75, 3.05) is 11.4 Å². The first-order valence-corrected chi connectivity index (χ1v) is 7.33. The highest BCUT2D eigenvalue weighted by Gasteiger charge is 2.19. The number of amides is 1. The van der Waals surface area contributed by atoms with Crippen molar-refractivity contribution in [3.05, 3.63) is 60.2 Å². The minimum Gasteiger partial charge on any atom is -0.508 e. The molecule has 0 bridgehead atoms. The second-order valence-corrected chi connectivity index (χ2v) is 5.56. The number of hydrogen-bond donors (Lipinski definition) is 1. The van der Waals surface area contributed by atoms with Crippen LogP contribution in [0.4, 0.5) is 10.5 Å². The summed E-state index contributed by atoms with van der Waals surface area (Å²) in [5.74, 6) is 0.411. The molecule has 0 aliphatic rings. The molecule has 0 fully saturated rings. The largest absolute Gasteiger partial charge is 0.508 e. The standard InChI is InChI=1S/C18H21NO3/c1-14(2)12-19(16-9-6-10-17(20)11-16)18(21)22-13-15-7-4-3-5-8-15/h3-11,14,20H,12-13H2,1-2H3. The van der Waals surface area contributed by atoms with E-state index >= 15 is 0 Å². The van der Waals surface area contributed by atoms with Gasteiger partial charge in [0.25, 0.3) is 0 Å². The van der Waals surface area contributed by atoms with Crippen molar-refractivity contribution in [1.82, 2.24) is 0 Å². The molecule has 0 saturated heterocycles. The lowest BCUT2D eigenvalue weighted by Gasteiger charge is -2.24. The minimum absolute atomic E-state index is 0.127. The summed E-state index contributed by atoms with van der Waals surface area (Å²) in [5.41, 5.74) is 1.57. The summed E-state index contributed by atoms with van der Waals surface area (Å²) in [5, 5.41) is 9.61. The number of phenols is 1. The van der Waals surface area contributed by atoms with Crippen molar-refractivity contribution in [2.24, 2.45) is 5.92 Å². The van der Waals surface area contributed by atoms with Gasteiger partial charge in [0, 0.05) is 12.6 Å². The molecule has 4 heteroatoms. The topological polar surface area (TPSA) is 49.8 Å². The molecule has 0 unspecified atom stereocenters. The smallest absolute Gasteiger partial charge is 0.414 e. The number of phenolic OH excluding ortho intramolecular Hbond substituents is 1. The number of nitrogens with zero attached hydrogens (tertiary/aromatic N) is 1. The van der Waals surface area contributed by atoms with E-state index in [9.17, 15) is 9.90 Å². The molecule has 0 heterocycles. The van der Waals surface area contributed by atoms with E-state index < -0.39 is 6.09 Å². The van der Waals surface area contributed by atoms with Crippen LogP contribution in [0.25, 0.3) is 0 Å². The normalized spacial score (nSPS) is 10.5. The van der Waals surface area contributed by atoms with Crippen LogP contribution in [-0.2, 0) is 11.3 Å². The zero-order valence-corrected chi connectivity index (χ0v) is 12.9. The summed E-state index contributed by atoms with van der Waals surface area (Å²) in [7, 11) is 0. The quantitative estimate of drug-likeness (QED) is 0.900. The molecule has 2 aromatic carbocycles. The van der Waals surface area contributed by atoms with E-state index in [1.54, 1.807) is 29.2 Å². The Morgan fingerprint density at radius 1 is 1.14 bits per heavy atom. The Kier molecular flexibility index (Phi) is 5.42. The maximum Gasteiger partial charge on any atom is 0.414 e. The Morgan fingerprint density at radius 2 is 1.86 bits per heavy atom. The number of carbonyl (C=O) groups is 1. The summed E-state index contributed by atoms with van der Waals surface area (Å²) < 4.78 is 5.39. The van der Waals surface area contributed by atoms with Gasteiger partial charge >= 0.3 is 6.09 Å². The molecule has 4 nitrogen and oxygen atoms in total. The van der Waals surface area contributed by atoms with Crippen molar-refractivity contribution in [1.29, 1.82) is 0 Å². The van der Waals surface area contributed by atoms with Crippen molar-refractivity contribution in [3.63, 3.8) is 0 Å². The van der Waals surface area contributed by atoms with Gasteiger partial charge in [0.05, 0.1) is 5.69 Å². The van der Waals surface area contributed by atoms with Gasteiger partial charge in [-0.05, 0) is 23.6 Å². The number of aromatic hydroxyl groups is 1. The van der Waals surface area contributed by atoms with E-state index in [4.69, 9.17) is 4.74 Å². The van der Waals surface area contributed by atoms with Gasteiger partial charge < -0.3 is 9.84 Å². The summed E-state index contributed by atoms with van der Waals surface area (Å²) in [6.07, 6.45) is -0.414. The SMILES string of the molecule is CC(C)CN(C(=O)OCc1ccccc1)c1cccc(O)c1. The molecular weight excluding hydrogens is 278 g/mol. The maximum atomic E-state index is 12.4. The number of ether oxygens (including phenoxy) is 1. The molecule has 0 spiro atoms. The summed E-state index contributed by atoms with van der Waals surface area (Å²) >= 11 is 0. The fraction of sp³-hybridized carbons (Fsp3) is 0.278. The van der Waals surface area contributed by atoms with E-state index in [2.05, 4.69) is 0 Å². The zero-order chi connectivity index (χ0) is 15.9. The molecule has 0 saturated carbocycles. The van der Waals surface area contributed by atoms with Crippen LogP contribution < -0.4 is 4.90 Å². The molecule has 1 N–H and O–H groups in total. The molecule has 0 aliphatic carbocycles. The second kappa shape index (κ2) is 7.50. The number of anilines is 1. The Balaban J connectivity index is 2.09. The first kappa shape index (κ1) is 15.9. The van der Waals surface area contributed by atoms with Crippen molar-refractivity contribution in [2.45, 2.75) is 20.5 Å². The van der Waals surface area contributed by atoms with Crippen LogP contribution in [0, 0.1) is 5.92 Å². The second-order valence-electron chi connectivity index (χ2n) is 5.56. The molecule has 0 atom stereocenters. The molecule has 0 radical (unpaired) electrons. The molecule has 0 aromatic heterocycles. The Hall–Kier alpha value is -2.49. The van der Waals surface area contributed by atoms with Crippen LogP contribution >= 0.6 is 0 Å². The van der Waals surface area contributed by atoms with Crippen LogP contribution in [0.15, 0.2) is 54.6 Å². The highest BCUT2D eigenvalue weighted by molar-refractivity contribution is 5.87. The Labute approximate surface area is 131 Å². The Morgan fingerprint density at radius 3 is 2.50 bits per heavy atom. The summed E-state index contributed by atoms with van der Waals surface area (Å²) in [4.78, 5) is 13.9. The van der Waals surface area contributed by atoms with E-state index in [0.717, 1.165) is 5.56 Å². The van der Waals surface area contributed by atoms with Crippen molar-refractivity contribution < 1.29 is 14.6 Å². The monoisotopic (exact) mass is 299 g/mol. The molecular formula is C18H21NO3. The van der Waals surface area contributed by atoms with Gasteiger partial charge in [-0.3, -0.25) is 4.90 Å². The van der Waals surface area contributed by atoms with Gasteiger partial charge in [0.1, 0.15) is 12.4 Å². The maximum absolute atomic E-state index is 12.4. The predicted molar refractivity (Wildman–Crippen MR) is 86.9 cm³/mol. The lowest BCUT2D eigenvalue weighted by Crippen LogP contribution is -2.34. The Bertz CT molecular complexity index is 611. The molecule has 116 valence electrons. The third-order valence-electron chi connectivity index (χ3n) is 3.11. The van der Waals surface area contributed by atoms with Crippen LogP contribution in [0.1, 0.15) is 19.4 Å². The zero-order valence-electron chi connectivity index (χ0n) is 12.9. The van der Waals surface area contributed by atoms with E-state index in [1.807, 2.05) is 44.2 Å². The lowest BCUT2D eigenvalue weighted by molar-refractivity contribution is 0.146. The highest BCUT2D eigenvalue weighted by Crippen LogP contribution is 2.22. The van der Waals surface area contributed by atoms with Crippen LogP contribution in [0.2, 0.25) is 0 Å². The number of benzene rings is 2. The molecule has 22 heavy (non-hydrogen) atoms. The van der Waals surface area contributed by atoms with Gasteiger partial charge in [-0.15, -0.1) is 0 Å². The van der Waals surface area contributed by atoms with E-state index in [0.29, 0.717) is 12.2 Å². The predicted octanol–water partition coefficient (Wildman–Crippen LogP) is 4.19. The number of carbonyl (C=O) groups excluding carboxylic acids is 1. The van der Waals surface area contributed by atoms with E-state index in [1.165, 1.54) is 0 Å². The average Bonchev–Trinajstić information content (AvgIpc) is 2.51. The highest BCUT2D eigenvalue weighted by atomic mass is 16.6. The summed E-state index contributed by atoms with van der Waals surface area (Å²) in [6.45, 7) is 4.81. The molecule has 2 rings (SSSR count). The minimum atomic E-state index is -0.414. The van der Waals surface area contributed by atoms with Gasteiger partial charge in [0.15, 0.2) is 0 Å². The molecule has 1 amide bonds. The van der Waals surface area contributed by atoms with Gasteiger partial charge in [-0.1, -0.05) is 50.2 Å².